The summed E-state index contributed by atoms with van der Waals surface area (Å²) in [5.74, 6) is 1.86. The Bertz CT molecular complexity index is 735. The summed E-state index contributed by atoms with van der Waals surface area (Å²) in [6.07, 6.45) is 8.10. The van der Waals surface area contributed by atoms with Crippen molar-refractivity contribution < 1.29 is 14.3 Å². The van der Waals surface area contributed by atoms with Crippen molar-refractivity contribution in [3.63, 3.8) is 0 Å². The van der Waals surface area contributed by atoms with Crippen LogP contribution in [0.4, 0.5) is 0 Å². The minimum atomic E-state index is -0.286. The van der Waals surface area contributed by atoms with Crippen LogP contribution in [0, 0.1) is 22.7 Å². The number of nitrogens with zero attached hydrogens (tertiary/aromatic N) is 1. The molecule has 0 aromatic heterocycles. The molecule has 26 heavy (non-hydrogen) atoms. The maximum absolute atomic E-state index is 12.7. The van der Waals surface area contributed by atoms with E-state index >= 15 is 0 Å². The first-order valence-electron chi connectivity index (χ1n) is 10.2. The largest absolute Gasteiger partial charge is 0.476 e. The van der Waals surface area contributed by atoms with Gasteiger partial charge in [0.1, 0.15) is 11.6 Å². The van der Waals surface area contributed by atoms with Crippen molar-refractivity contribution in [2.75, 3.05) is 7.11 Å². The second kappa shape index (κ2) is 5.15. The van der Waals surface area contributed by atoms with Crippen LogP contribution in [0.5, 0.6) is 0 Å². The fourth-order valence-corrected chi connectivity index (χ4v) is 9.41. The Morgan fingerprint density at radius 1 is 1.04 bits per heavy atom. The Balaban J connectivity index is 1.67. The normalized spacial score (nSPS) is 52.7. The molecule has 0 radical (unpaired) electrons. The average molecular weight is 376 g/mol. The smallest absolute Gasteiger partial charge is 0.246 e. The number of aliphatic imine (C=N–C) groups is 1. The lowest BCUT2D eigenvalue weighted by Gasteiger charge is -2.70. The zero-order valence-corrected chi connectivity index (χ0v) is 16.9. The number of methoxy groups -OCH3 is 1. The van der Waals surface area contributed by atoms with Crippen LogP contribution in [-0.2, 0) is 14.3 Å². The lowest BCUT2D eigenvalue weighted by Crippen LogP contribution is -2.71. The monoisotopic (exact) mass is 375 g/mol. The van der Waals surface area contributed by atoms with Gasteiger partial charge in [0.05, 0.1) is 12.6 Å². The highest BCUT2D eigenvalue weighted by atomic mass is 32.2. The van der Waals surface area contributed by atoms with Gasteiger partial charge in [-0.25, -0.2) is 4.99 Å². The summed E-state index contributed by atoms with van der Waals surface area (Å²) in [7, 11) is 1.71. The van der Waals surface area contributed by atoms with Gasteiger partial charge in [-0.1, -0.05) is 25.6 Å². The van der Waals surface area contributed by atoms with Gasteiger partial charge in [-0.05, 0) is 50.4 Å². The van der Waals surface area contributed by atoms with Crippen LogP contribution in [0.3, 0.4) is 0 Å². The van der Waals surface area contributed by atoms with Crippen molar-refractivity contribution in [2.45, 2.75) is 81.9 Å². The van der Waals surface area contributed by atoms with Crippen LogP contribution in [0.1, 0.15) is 71.6 Å². The zero-order chi connectivity index (χ0) is 18.4. The first-order chi connectivity index (χ1) is 12.3. The summed E-state index contributed by atoms with van der Waals surface area (Å²) in [4.78, 5) is 30.2. The predicted octanol–water partition coefficient (Wildman–Crippen LogP) is 4.16. The molecule has 0 aromatic carbocycles. The Morgan fingerprint density at radius 3 is 2.62 bits per heavy atom. The quantitative estimate of drug-likeness (QED) is 0.638. The van der Waals surface area contributed by atoms with Crippen LogP contribution in [0.25, 0.3) is 0 Å². The number of ketones is 2. The molecule has 0 amide bonds. The van der Waals surface area contributed by atoms with E-state index in [9.17, 15) is 9.59 Å². The predicted molar refractivity (Wildman–Crippen MR) is 102 cm³/mol. The number of carbonyl (C=O) groups is 2. The van der Waals surface area contributed by atoms with E-state index in [4.69, 9.17) is 9.73 Å². The number of rotatable bonds is 0. The van der Waals surface area contributed by atoms with Crippen LogP contribution in [0.2, 0.25) is 0 Å². The molecule has 4 saturated carbocycles. The third-order valence-corrected chi connectivity index (χ3v) is 11.0. The molecule has 142 valence electrons. The summed E-state index contributed by atoms with van der Waals surface area (Å²) in [6.45, 7) is 4.64. The van der Waals surface area contributed by atoms with Crippen molar-refractivity contribution in [1.29, 1.82) is 0 Å². The number of hydrogen-bond donors (Lipinski definition) is 0. The topological polar surface area (TPSA) is 55.7 Å². The molecule has 4 fully saturated rings. The SMILES string of the molecule is COC1=NC23CCC4C5CCC(=O)C5(C)CCC4(S1)C2(C)CCC(=O)C3. The number of hydrogen-bond acceptors (Lipinski definition) is 5. The van der Waals surface area contributed by atoms with Gasteiger partial charge in [-0.15, -0.1) is 0 Å². The van der Waals surface area contributed by atoms with Gasteiger partial charge in [-0.2, -0.15) is 0 Å². The number of fused-ring (bicyclic) bond motifs is 2. The Morgan fingerprint density at radius 2 is 1.85 bits per heavy atom. The summed E-state index contributed by atoms with van der Waals surface area (Å²) in [5.41, 5.74) is -0.387. The van der Waals surface area contributed by atoms with Gasteiger partial charge in [0, 0.05) is 34.8 Å². The number of Topliss-reactive ketones (excluding diaryl/α,β-unsaturated/α-hetero) is 2. The van der Waals surface area contributed by atoms with Crippen molar-refractivity contribution in [1.82, 2.24) is 0 Å². The Hall–Kier alpha value is -0.840. The van der Waals surface area contributed by atoms with E-state index in [1.807, 2.05) is 11.8 Å². The molecule has 6 unspecified atom stereocenters. The van der Waals surface area contributed by atoms with Gasteiger partial charge >= 0.3 is 0 Å². The first kappa shape index (κ1) is 17.3. The lowest BCUT2D eigenvalue weighted by molar-refractivity contribution is -0.141. The van der Waals surface area contributed by atoms with Crippen LogP contribution >= 0.6 is 11.8 Å². The fourth-order valence-electron chi connectivity index (χ4n) is 7.64. The average Bonchev–Trinajstić information content (AvgIpc) is 2.90. The molecule has 0 N–H and O–H groups in total. The van der Waals surface area contributed by atoms with Gasteiger partial charge in [0.2, 0.25) is 5.23 Å². The molecule has 0 saturated heterocycles. The van der Waals surface area contributed by atoms with E-state index in [2.05, 4.69) is 13.8 Å². The van der Waals surface area contributed by atoms with E-state index < -0.39 is 0 Å². The molecule has 5 aliphatic rings. The third kappa shape index (κ3) is 1.77. The molecule has 1 heterocycles. The molecular weight excluding hydrogens is 346 g/mol. The van der Waals surface area contributed by atoms with E-state index in [1.54, 1.807) is 7.11 Å². The highest BCUT2D eigenvalue weighted by Gasteiger charge is 2.74. The first-order valence-corrected chi connectivity index (χ1v) is 11.0. The molecule has 6 atom stereocenters. The summed E-state index contributed by atoms with van der Waals surface area (Å²) in [5, 5.41) is 0.773. The standard InChI is InChI=1S/C21H29NO3S/c1-18-10-11-21-15(14(18)4-5-16(18)24)7-9-20(22-17(25-3)26-21)12-13(23)6-8-19(20,21)2/h14-15H,4-12H2,1-3H3. The molecule has 4 aliphatic carbocycles. The highest BCUT2D eigenvalue weighted by Crippen LogP contribution is 2.74. The van der Waals surface area contributed by atoms with Crippen molar-refractivity contribution >= 4 is 28.6 Å². The maximum Gasteiger partial charge on any atom is 0.246 e. The minimum absolute atomic E-state index is 0.0243. The third-order valence-electron chi connectivity index (χ3n) is 9.21. The second-order valence-electron chi connectivity index (χ2n) is 9.78. The van der Waals surface area contributed by atoms with Crippen LogP contribution in [0.15, 0.2) is 4.99 Å². The van der Waals surface area contributed by atoms with Crippen molar-refractivity contribution in [3.8, 4) is 0 Å². The molecule has 0 aromatic rings. The molecule has 5 heteroatoms. The molecule has 5 rings (SSSR count). The van der Waals surface area contributed by atoms with Gasteiger partial charge in [0.25, 0.3) is 0 Å². The maximum atomic E-state index is 12.7. The van der Waals surface area contributed by atoms with E-state index in [-0.39, 0.29) is 21.1 Å². The molecule has 1 aliphatic heterocycles. The molecule has 2 bridgehead atoms. The van der Waals surface area contributed by atoms with Crippen LogP contribution in [-0.4, -0.2) is 34.2 Å². The second-order valence-corrected chi connectivity index (χ2v) is 11.1. The summed E-state index contributed by atoms with van der Waals surface area (Å²) in [6, 6.07) is 0. The highest BCUT2D eigenvalue weighted by molar-refractivity contribution is 8.14. The molecule has 1 spiro atoms. The van der Waals surface area contributed by atoms with Crippen molar-refractivity contribution in [2.24, 2.45) is 27.7 Å². The summed E-state index contributed by atoms with van der Waals surface area (Å²) < 4.78 is 5.75. The van der Waals surface area contributed by atoms with E-state index in [0.717, 1.165) is 50.2 Å². The molecular formula is C21H29NO3S. The molecule has 4 nitrogen and oxygen atoms in total. The number of thioether (sulfide) groups is 1. The lowest BCUT2D eigenvalue weighted by atomic mass is 9.42. The number of carbonyl (C=O) groups excluding carboxylic acids is 2. The van der Waals surface area contributed by atoms with Crippen molar-refractivity contribution in [3.05, 3.63) is 0 Å². The fraction of sp³-hybridized carbons (Fsp3) is 0.857. The van der Waals surface area contributed by atoms with Crippen LogP contribution < -0.4 is 0 Å². The zero-order valence-electron chi connectivity index (χ0n) is 16.1. The Labute approximate surface area is 159 Å². The van der Waals surface area contributed by atoms with E-state index in [0.29, 0.717) is 36.2 Å². The number of ether oxygens (including phenoxy) is 1. The Kier molecular flexibility index (Phi) is 3.42. The minimum Gasteiger partial charge on any atom is -0.476 e. The van der Waals surface area contributed by atoms with Gasteiger partial charge < -0.3 is 4.74 Å². The van der Waals surface area contributed by atoms with Gasteiger partial charge in [-0.3, -0.25) is 9.59 Å². The summed E-state index contributed by atoms with van der Waals surface area (Å²) >= 11 is 1.85. The van der Waals surface area contributed by atoms with Gasteiger partial charge in [0.15, 0.2) is 0 Å². The van der Waals surface area contributed by atoms with E-state index in [1.165, 1.54) is 0 Å².